The van der Waals surface area contributed by atoms with Crippen LogP contribution in [-0.2, 0) is 11.2 Å². The van der Waals surface area contributed by atoms with Crippen LogP contribution in [0.25, 0.3) is 0 Å². The summed E-state index contributed by atoms with van der Waals surface area (Å²) < 4.78 is 26.3. The molecule has 7 heteroatoms. The van der Waals surface area contributed by atoms with Crippen LogP contribution in [0.4, 0.5) is 15.8 Å². The first-order valence-electron chi connectivity index (χ1n) is 9.03. The Morgan fingerprint density at radius 3 is 2.59 bits per heavy atom. The lowest BCUT2D eigenvalue weighted by Gasteiger charge is -2.22. The molecular weight excluding hydrogens is 415 g/mol. The number of anilines is 2. The van der Waals surface area contributed by atoms with Crippen LogP contribution in [-0.4, -0.2) is 32.2 Å². The van der Waals surface area contributed by atoms with Crippen molar-refractivity contribution in [3.63, 3.8) is 0 Å². The quantitative estimate of drug-likeness (QED) is 0.785. The second-order valence-corrected chi connectivity index (χ2v) is 7.49. The van der Waals surface area contributed by atoms with Gasteiger partial charge in [0.2, 0.25) is 5.91 Å². The van der Waals surface area contributed by atoms with Crippen LogP contribution in [0.5, 0.6) is 11.5 Å². The predicted octanol–water partition coefficient (Wildman–Crippen LogP) is 4.14. The van der Waals surface area contributed by atoms with Gasteiger partial charge in [-0.25, -0.2) is 4.39 Å². The van der Waals surface area contributed by atoms with E-state index in [1.54, 1.807) is 18.2 Å². The molecule has 0 radical (unpaired) electrons. The highest BCUT2D eigenvalue weighted by Crippen LogP contribution is 2.36. The molecule has 5 nitrogen and oxygen atoms in total. The summed E-state index contributed by atoms with van der Waals surface area (Å²) in [6, 6.07) is 8.49. The molecule has 0 spiro atoms. The van der Waals surface area contributed by atoms with Crippen LogP contribution in [0.3, 0.4) is 0 Å². The van der Waals surface area contributed by atoms with E-state index in [2.05, 4.69) is 26.1 Å². The summed E-state index contributed by atoms with van der Waals surface area (Å²) in [5, 5.41) is 2.76. The van der Waals surface area contributed by atoms with Crippen LogP contribution in [0.2, 0.25) is 0 Å². The molecule has 1 saturated heterocycles. The third kappa shape index (κ3) is 3.88. The second kappa shape index (κ2) is 7.76. The van der Waals surface area contributed by atoms with E-state index < -0.39 is 5.82 Å². The number of benzene rings is 2. The Labute approximate surface area is 165 Å². The van der Waals surface area contributed by atoms with Gasteiger partial charge in [0.05, 0.1) is 12.1 Å². The summed E-state index contributed by atoms with van der Waals surface area (Å²) in [7, 11) is 0. The van der Waals surface area contributed by atoms with Crippen molar-refractivity contribution in [2.45, 2.75) is 19.3 Å². The summed E-state index contributed by atoms with van der Waals surface area (Å²) in [5.74, 6) is 0.575. The lowest BCUT2D eigenvalue weighted by Crippen LogP contribution is -2.23. The molecule has 1 fully saturated rings. The third-order valence-electron chi connectivity index (χ3n) is 4.77. The van der Waals surface area contributed by atoms with Crippen LogP contribution >= 0.6 is 15.9 Å². The molecule has 2 aromatic carbocycles. The van der Waals surface area contributed by atoms with E-state index in [-0.39, 0.29) is 18.0 Å². The van der Waals surface area contributed by atoms with Gasteiger partial charge in [-0.3, -0.25) is 4.79 Å². The van der Waals surface area contributed by atoms with E-state index in [1.807, 2.05) is 6.07 Å². The number of fused-ring (bicyclic) bond motifs is 1. The largest absolute Gasteiger partial charge is 0.486 e. The van der Waals surface area contributed by atoms with E-state index in [1.165, 1.54) is 6.07 Å². The lowest BCUT2D eigenvalue weighted by atomic mass is 10.1. The molecule has 0 unspecified atom stereocenters. The predicted molar refractivity (Wildman–Crippen MR) is 105 cm³/mol. The molecule has 0 aromatic heterocycles. The number of hydrogen-bond donors (Lipinski definition) is 1. The molecule has 0 bridgehead atoms. The van der Waals surface area contributed by atoms with Gasteiger partial charge in [0.15, 0.2) is 11.5 Å². The topological polar surface area (TPSA) is 50.8 Å². The maximum atomic E-state index is 14.4. The minimum atomic E-state index is -0.422. The third-order valence-corrected chi connectivity index (χ3v) is 5.50. The molecule has 1 amide bonds. The van der Waals surface area contributed by atoms with Crippen molar-refractivity contribution in [3.05, 3.63) is 46.2 Å². The Hall–Kier alpha value is -2.28. The second-order valence-electron chi connectivity index (χ2n) is 6.64. The van der Waals surface area contributed by atoms with Gasteiger partial charge in [-0.2, -0.15) is 0 Å². The standard InChI is InChI=1S/C20H20BrFN2O3/c21-14-12-18-17(26-8-9-27-18)10-13(14)11-19(25)23-20-15(22)4-3-5-16(20)24-6-1-2-7-24/h3-5,10,12H,1-2,6-9,11H2,(H,23,25). The van der Waals surface area contributed by atoms with Gasteiger partial charge in [0.1, 0.15) is 24.7 Å². The maximum Gasteiger partial charge on any atom is 0.228 e. The summed E-state index contributed by atoms with van der Waals surface area (Å²) in [6.45, 7) is 2.74. The fourth-order valence-electron chi connectivity index (χ4n) is 3.46. The van der Waals surface area contributed by atoms with Crippen molar-refractivity contribution in [2.24, 2.45) is 0 Å². The molecular formula is C20H20BrFN2O3. The molecule has 0 atom stereocenters. The van der Waals surface area contributed by atoms with E-state index >= 15 is 0 Å². The summed E-state index contributed by atoms with van der Waals surface area (Å²) in [4.78, 5) is 14.7. The number of carbonyl (C=O) groups is 1. The van der Waals surface area contributed by atoms with E-state index in [4.69, 9.17) is 9.47 Å². The van der Waals surface area contributed by atoms with E-state index in [0.717, 1.165) is 41.7 Å². The Balaban J connectivity index is 1.54. The number of halogens is 2. The first-order valence-corrected chi connectivity index (χ1v) is 9.82. The highest BCUT2D eigenvalue weighted by atomic mass is 79.9. The number of carbonyl (C=O) groups excluding carboxylic acids is 1. The number of para-hydroxylation sites is 1. The zero-order chi connectivity index (χ0) is 18.8. The SMILES string of the molecule is O=C(Cc1cc2c(cc1Br)OCCO2)Nc1c(F)cccc1N1CCCC1. The monoisotopic (exact) mass is 434 g/mol. The maximum absolute atomic E-state index is 14.4. The average molecular weight is 435 g/mol. The zero-order valence-electron chi connectivity index (χ0n) is 14.8. The Bertz CT molecular complexity index is 869. The van der Waals surface area contributed by atoms with Crippen molar-refractivity contribution in [1.29, 1.82) is 0 Å². The molecule has 0 saturated carbocycles. The zero-order valence-corrected chi connectivity index (χ0v) is 16.4. The number of amides is 1. The minimum absolute atomic E-state index is 0.102. The van der Waals surface area contributed by atoms with Crippen molar-refractivity contribution in [1.82, 2.24) is 0 Å². The molecule has 27 heavy (non-hydrogen) atoms. The van der Waals surface area contributed by atoms with E-state index in [0.29, 0.717) is 24.7 Å². The highest BCUT2D eigenvalue weighted by molar-refractivity contribution is 9.10. The average Bonchev–Trinajstić information content (AvgIpc) is 3.18. The van der Waals surface area contributed by atoms with Gasteiger partial charge in [0.25, 0.3) is 0 Å². The van der Waals surface area contributed by atoms with Gasteiger partial charge >= 0.3 is 0 Å². The molecule has 1 N–H and O–H groups in total. The first-order chi connectivity index (χ1) is 13.1. The summed E-state index contributed by atoms with van der Waals surface area (Å²) >= 11 is 3.47. The number of nitrogens with zero attached hydrogens (tertiary/aromatic N) is 1. The van der Waals surface area contributed by atoms with Crippen molar-refractivity contribution >= 4 is 33.2 Å². The van der Waals surface area contributed by atoms with Crippen molar-refractivity contribution < 1.29 is 18.7 Å². The molecule has 2 aliphatic heterocycles. The Kier molecular flexibility index (Phi) is 5.20. The van der Waals surface area contributed by atoms with Crippen LogP contribution in [0, 0.1) is 5.82 Å². The molecule has 2 aliphatic rings. The normalized spacial score (nSPS) is 15.7. The van der Waals surface area contributed by atoms with Crippen LogP contribution in [0.1, 0.15) is 18.4 Å². The number of ether oxygens (including phenoxy) is 2. The number of rotatable bonds is 4. The van der Waals surface area contributed by atoms with Gasteiger partial charge in [-0.05, 0) is 42.7 Å². The van der Waals surface area contributed by atoms with Crippen molar-refractivity contribution in [2.75, 3.05) is 36.5 Å². The lowest BCUT2D eigenvalue weighted by molar-refractivity contribution is -0.115. The summed E-state index contributed by atoms with van der Waals surface area (Å²) in [6.07, 6.45) is 2.26. The minimum Gasteiger partial charge on any atom is -0.486 e. The van der Waals surface area contributed by atoms with Crippen LogP contribution in [0.15, 0.2) is 34.8 Å². The Morgan fingerprint density at radius 2 is 1.85 bits per heavy atom. The molecule has 2 aromatic rings. The van der Waals surface area contributed by atoms with Gasteiger partial charge in [-0.1, -0.05) is 22.0 Å². The number of hydrogen-bond acceptors (Lipinski definition) is 4. The van der Waals surface area contributed by atoms with Gasteiger partial charge in [-0.15, -0.1) is 0 Å². The summed E-state index contributed by atoms with van der Waals surface area (Å²) in [5.41, 5.74) is 1.75. The van der Waals surface area contributed by atoms with Gasteiger partial charge < -0.3 is 19.7 Å². The smallest absolute Gasteiger partial charge is 0.228 e. The fourth-order valence-corrected chi connectivity index (χ4v) is 3.92. The van der Waals surface area contributed by atoms with Crippen LogP contribution < -0.4 is 19.7 Å². The van der Waals surface area contributed by atoms with E-state index in [9.17, 15) is 9.18 Å². The molecule has 4 rings (SSSR count). The molecule has 2 heterocycles. The molecule has 142 valence electrons. The number of nitrogens with one attached hydrogen (secondary N) is 1. The first kappa shape index (κ1) is 18.1. The molecule has 0 aliphatic carbocycles. The van der Waals surface area contributed by atoms with Crippen molar-refractivity contribution in [3.8, 4) is 11.5 Å². The van der Waals surface area contributed by atoms with Gasteiger partial charge in [0, 0.05) is 17.6 Å². The fraction of sp³-hybridized carbons (Fsp3) is 0.350. The highest BCUT2D eigenvalue weighted by Gasteiger charge is 2.21. The Morgan fingerprint density at radius 1 is 1.15 bits per heavy atom.